The maximum atomic E-state index is 12.9. The first kappa shape index (κ1) is 14.4. The van der Waals surface area contributed by atoms with E-state index in [0.29, 0.717) is 6.42 Å². The standard InChI is InChI=1S/C15H16F3NO2/c1-8-2-3-9(6-12(8)15(16,17)18)19-14(20)11-7-10-4-5-13(11)21-10/h2-3,6,10-11,13H,4-5,7H2,1H3,(H,19,20). The van der Waals surface area contributed by atoms with Gasteiger partial charge in [0, 0.05) is 5.69 Å². The quantitative estimate of drug-likeness (QED) is 0.907. The molecule has 2 heterocycles. The van der Waals surface area contributed by atoms with Crippen LogP contribution in [-0.4, -0.2) is 18.1 Å². The maximum Gasteiger partial charge on any atom is 0.416 e. The van der Waals surface area contributed by atoms with Gasteiger partial charge >= 0.3 is 6.18 Å². The van der Waals surface area contributed by atoms with E-state index in [1.807, 2.05) is 0 Å². The third-order valence-corrected chi connectivity index (χ3v) is 4.25. The van der Waals surface area contributed by atoms with Gasteiger partial charge < -0.3 is 10.1 Å². The first-order valence-corrected chi connectivity index (χ1v) is 6.99. The van der Waals surface area contributed by atoms with E-state index in [0.717, 1.165) is 18.9 Å². The number of carbonyl (C=O) groups excluding carboxylic acids is 1. The Kier molecular flexibility index (Phi) is 3.43. The lowest BCUT2D eigenvalue weighted by molar-refractivity contribution is -0.138. The second-order valence-corrected chi connectivity index (χ2v) is 5.73. The highest BCUT2D eigenvalue weighted by atomic mass is 19.4. The molecule has 1 aromatic rings. The summed E-state index contributed by atoms with van der Waals surface area (Å²) in [4.78, 5) is 12.2. The fourth-order valence-corrected chi connectivity index (χ4v) is 3.15. The van der Waals surface area contributed by atoms with Crippen molar-refractivity contribution in [1.29, 1.82) is 0 Å². The van der Waals surface area contributed by atoms with Crippen LogP contribution in [0, 0.1) is 12.8 Å². The summed E-state index contributed by atoms with van der Waals surface area (Å²) in [6.07, 6.45) is -1.88. The zero-order valence-electron chi connectivity index (χ0n) is 11.5. The number of nitrogens with one attached hydrogen (secondary N) is 1. The first-order valence-electron chi connectivity index (χ1n) is 6.99. The molecule has 0 spiro atoms. The molecule has 0 aromatic heterocycles. The number of fused-ring (bicyclic) bond motifs is 2. The fourth-order valence-electron chi connectivity index (χ4n) is 3.15. The highest BCUT2D eigenvalue weighted by molar-refractivity contribution is 5.93. The van der Waals surface area contributed by atoms with Gasteiger partial charge in [0.1, 0.15) is 0 Å². The Labute approximate surface area is 120 Å². The summed E-state index contributed by atoms with van der Waals surface area (Å²) in [5.74, 6) is -0.501. The van der Waals surface area contributed by atoms with E-state index >= 15 is 0 Å². The van der Waals surface area contributed by atoms with E-state index in [2.05, 4.69) is 5.32 Å². The molecule has 0 radical (unpaired) electrons. The van der Waals surface area contributed by atoms with Gasteiger partial charge in [-0.15, -0.1) is 0 Å². The Hall–Kier alpha value is -1.56. The summed E-state index contributed by atoms with van der Waals surface area (Å²) in [5, 5.41) is 2.59. The summed E-state index contributed by atoms with van der Waals surface area (Å²) in [7, 11) is 0. The fraction of sp³-hybridized carbons (Fsp3) is 0.533. The van der Waals surface area contributed by atoms with Crippen LogP contribution in [-0.2, 0) is 15.7 Å². The predicted molar refractivity (Wildman–Crippen MR) is 70.8 cm³/mol. The highest BCUT2D eigenvalue weighted by Crippen LogP contribution is 2.39. The number of rotatable bonds is 2. The second-order valence-electron chi connectivity index (χ2n) is 5.73. The van der Waals surface area contributed by atoms with Crippen molar-refractivity contribution in [2.75, 3.05) is 5.32 Å². The molecule has 21 heavy (non-hydrogen) atoms. The number of carbonyl (C=O) groups is 1. The monoisotopic (exact) mass is 299 g/mol. The molecule has 1 N–H and O–H groups in total. The largest absolute Gasteiger partial charge is 0.416 e. The van der Waals surface area contributed by atoms with E-state index in [9.17, 15) is 18.0 Å². The van der Waals surface area contributed by atoms with Gasteiger partial charge in [-0.3, -0.25) is 4.79 Å². The summed E-state index contributed by atoms with van der Waals surface area (Å²) in [6.45, 7) is 1.40. The molecule has 3 unspecified atom stereocenters. The van der Waals surface area contributed by atoms with E-state index in [1.54, 1.807) is 0 Å². The third-order valence-electron chi connectivity index (χ3n) is 4.25. The number of hydrogen-bond donors (Lipinski definition) is 1. The number of benzene rings is 1. The van der Waals surface area contributed by atoms with E-state index in [-0.39, 0.29) is 35.3 Å². The molecule has 2 aliphatic heterocycles. The average Bonchev–Trinajstić information content (AvgIpc) is 3.02. The lowest BCUT2D eigenvalue weighted by atomic mass is 9.88. The van der Waals surface area contributed by atoms with Gasteiger partial charge in [0.15, 0.2) is 0 Å². The topological polar surface area (TPSA) is 38.3 Å². The number of alkyl halides is 3. The Morgan fingerprint density at radius 3 is 2.67 bits per heavy atom. The van der Waals surface area contributed by atoms with Crippen LogP contribution in [0.4, 0.5) is 18.9 Å². The molecule has 2 aliphatic rings. The minimum absolute atomic E-state index is 0.0810. The third kappa shape index (κ3) is 2.77. The van der Waals surface area contributed by atoms with Crippen LogP contribution < -0.4 is 5.32 Å². The van der Waals surface area contributed by atoms with Gasteiger partial charge in [-0.2, -0.15) is 13.2 Å². The van der Waals surface area contributed by atoms with Gasteiger partial charge in [0.05, 0.1) is 23.7 Å². The smallest absolute Gasteiger partial charge is 0.374 e. The Morgan fingerprint density at radius 2 is 2.10 bits per heavy atom. The lowest BCUT2D eigenvalue weighted by Crippen LogP contribution is -2.30. The summed E-state index contributed by atoms with van der Waals surface area (Å²) in [5.41, 5.74) is -0.394. The molecule has 2 bridgehead atoms. The normalized spacial score (nSPS) is 27.9. The molecule has 0 saturated carbocycles. The predicted octanol–water partition coefficient (Wildman–Crippen LogP) is 3.52. The van der Waals surface area contributed by atoms with Crippen molar-refractivity contribution >= 4 is 11.6 Å². The van der Waals surface area contributed by atoms with Gasteiger partial charge in [-0.1, -0.05) is 6.07 Å². The summed E-state index contributed by atoms with van der Waals surface area (Å²) < 4.78 is 44.2. The van der Waals surface area contributed by atoms with Crippen LogP contribution in [0.25, 0.3) is 0 Å². The molecule has 6 heteroatoms. The number of halogens is 3. The van der Waals surface area contributed by atoms with Crippen molar-refractivity contribution in [3.63, 3.8) is 0 Å². The van der Waals surface area contributed by atoms with Gasteiger partial charge in [-0.05, 0) is 43.9 Å². The molecule has 0 aliphatic carbocycles. The molecule has 1 aromatic carbocycles. The van der Waals surface area contributed by atoms with Gasteiger partial charge in [0.25, 0.3) is 0 Å². The van der Waals surface area contributed by atoms with Crippen molar-refractivity contribution in [2.24, 2.45) is 5.92 Å². The number of anilines is 1. The van der Waals surface area contributed by atoms with E-state index in [4.69, 9.17) is 4.74 Å². The molecule has 2 fully saturated rings. The molecule has 2 saturated heterocycles. The van der Waals surface area contributed by atoms with Crippen molar-refractivity contribution in [1.82, 2.24) is 0 Å². The van der Waals surface area contributed by atoms with Gasteiger partial charge in [-0.25, -0.2) is 0 Å². The number of hydrogen-bond acceptors (Lipinski definition) is 2. The number of ether oxygens (including phenoxy) is 1. The molecule has 3 rings (SSSR count). The van der Waals surface area contributed by atoms with Crippen LogP contribution in [0.1, 0.15) is 30.4 Å². The van der Waals surface area contributed by atoms with Crippen molar-refractivity contribution in [2.45, 2.75) is 44.6 Å². The second kappa shape index (κ2) is 5.02. The van der Waals surface area contributed by atoms with Crippen LogP contribution in [0.3, 0.4) is 0 Å². The number of aryl methyl sites for hydroxylation is 1. The zero-order valence-corrected chi connectivity index (χ0v) is 11.5. The SMILES string of the molecule is Cc1ccc(NC(=O)C2CC3CCC2O3)cc1C(F)(F)F. The summed E-state index contributed by atoms with van der Waals surface area (Å²) in [6, 6.07) is 3.85. The maximum absolute atomic E-state index is 12.9. The van der Waals surface area contributed by atoms with Crippen molar-refractivity contribution in [3.8, 4) is 0 Å². The minimum Gasteiger partial charge on any atom is -0.374 e. The van der Waals surface area contributed by atoms with Crippen LogP contribution in [0.15, 0.2) is 18.2 Å². The Bertz CT molecular complexity index is 571. The van der Waals surface area contributed by atoms with E-state index < -0.39 is 11.7 Å². The zero-order chi connectivity index (χ0) is 15.2. The lowest BCUT2D eigenvalue weighted by Gasteiger charge is -2.19. The molecular weight excluding hydrogens is 283 g/mol. The van der Waals surface area contributed by atoms with Gasteiger partial charge in [0.2, 0.25) is 5.91 Å². The Balaban J connectivity index is 1.75. The Morgan fingerprint density at radius 1 is 1.33 bits per heavy atom. The van der Waals surface area contributed by atoms with Crippen molar-refractivity contribution in [3.05, 3.63) is 29.3 Å². The molecule has 3 atom stereocenters. The molecule has 3 nitrogen and oxygen atoms in total. The van der Waals surface area contributed by atoms with Crippen LogP contribution in [0.5, 0.6) is 0 Å². The number of amides is 1. The molecule has 1 amide bonds. The van der Waals surface area contributed by atoms with Crippen LogP contribution in [0.2, 0.25) is 0 Å². The molecule has 114 valence electrons. The van der Waals surface area contributed by atoms with Crippen molar-refractivity contribution < 1.29 is 22.7 Å². The minimum atomic E-state index is -4.42. The highest BCUT2D eigenvalue weighted by Gasteiger charge is 2.44. The van der Waals surface area contributed by atoms with Crippen LogP contribution >= 0.6 is 0 Å². The summed E-state index contributed by atoms with van der Waals surface area (Å²) >= 11 is 0. The average molecular weight is 299 g/mol. The van der Waals surface area contributed by atoms with E-state index in [1.165, 1.54) is 19.1 Å². The first-order chi connectivity index (χ1) is 9.84. The molecular formula is C15H16F3NO2.